The van der Waals surface area contributed by atoms with Crippen LogP contribution in [0.1, 0.15) is 66.7 Å². The third-order valence-electron chi connectivity index (χ3n) is 7.46. The summed E-state index contributed by atoms with van der Waals surface area (Å²) < 4.78 is 37.9. The van der Waals surface area contributed by atoms with Gasteiger partial charge in [-0.05, 0) is 46.1 Å². The standard InChI is InChI=1S/C21H36O10Si2.C6H9N3O3.C4H12O3Si.C4H10.C2H4.H2O/c1-15(2)19(22)28-10-7-9-18(13-32(25)14-30-21(24)17(5)6)31-33(26,27)12-8-11-29-20(23)16(3)4;1-7-4(10)8(2)6(12)9(3)5(7)11;1-5-8(4,6-2)7-3;1-3-4-2;1-2;/h18,25-27,32H,1,3,5,7-14H2,2,4,6H3;1-3H3;1-4H3;3-4H2,1-2H3;1-2H2;1H2. The van der Waals surface area contributed by atoms with Gasteiger partial charge in [-0.1, -0.05) is 46.4 Å². The van der Waals surface area contributed by atoms with E-state index in [1.165, 1.54) is 54.8 Å². The molecule has 20 nitrogen and oxygen atoms in total. The lowest BCUT2D eigenvalue weighted by molar-refractivity contribution is -0.139. The Hall–Kier alpha value is -3.89. The van der Waals surface area contributed by atoms with Crippen LogP contribution in [0.25, 0.3) is 0 Å². The average Bonchev–Trinajstić information content (AvgIpc) is 3.21. The molecule has 1 rings (SSSR count). The summed E-state index contributed by atoms with van der Waals surface area (Å²) in [6.07, 6.45) is 2.48. The number of nitrogens with zero attached hydrogens (tertiary/aromatic N) is 3. The molecule has 0 saturated carbocycles. The van der Waals surface area contributed by atoms with Gasteiger partial charge in [-0.3, -0.25) is 0 Å². The van der Waals surface area contributed by atoms with Crippen molar-refractivity contribution < 1.29 is 66.2 Å². The Bertz CT molecular complexity index is 1510. The van der Waals surface area contributed by atoms with Crippen molar-refractivity contribution in [2.75, 3.05) is 40.8 Å². The van der Waals surface area contributed by atoms with Gasteiger partial charge in [0.1, 0.15) is 6.23 Å². The van der Waals surface area contributed by atoms with E-state index in [1.54, 1.807) is 21.3 Å². The maximum Gasteiger partial charge on any atom is 0.496 e. The van der Waals surface area contributed by atoms with Gasteiger partial charge >= 0.3 is 52.6 Å². The van der Waals surface area contributed by atoms with Crippen molar-refractivity contribution in [1.29, 1.82) is 0 Å². The summed E-state index contributed by atoms with van der Waals surface area (Å²) in [5.74, 6) is -1.73. The molecule has 23 heteroatoms. The first-order chi connectivity index (χ1) is 27.3. The quantitative estimate of drug-likeness (QED) is 0.0390. The van der Waals surface area contributed by atoms with Crippen molar-refractivity contribution in [2.24, 2.45) is 21.1 Å². The number of hydrogen-bond acceptors (Lipinski definition) is 16. The van der Waals surface area contributed by atoms with Crippen molar-refractivity contribution >= 4 is 44.6 Å². The molecule has 0 saturated heterocycles. The molecule has 5 N–H and O–H groups in total. The molecule has 0 amide bonds. The summed E-state index contributed by atoms with van der Waals surface area (Å²) in [5, 5.41) is 0. The van der Waals surface area contributed by atoms with E-state index in [9.17, 15) is 43.2 Å². The van der Waals surface area contributed by atoms with Crippen molar-refractivity contribution in [2.45, 2.75) is 91.5 Å². The van der Waals surface area contributed by atoms with Crippen molar-refractivity contribution in [3.8, 4) is 0 Å². The van der Waals surface area contributed by atoms with Crippen LogP contribution in [-0.2, 0) is 67.4 Å². The number of hydrogen-bond donors (Lipinski definition) is 3. The van der Waals surface area contributed by atoms with E-state index < -0.39 is 67.7 Å². The van der Waals surface area contributed by atoms with Gasteiger partial charge in [0.05, 0.1) is 13.2 Å². The lowest BCUT2D eigenvalue weighted by atomic mass is 10.2. The molecule has 0 aromatic carbocycles. The highest BCUT2D eigenvalue weighted by Crippen LogP contribution is 2.18. The van der Waals surface area contributed by atoms with Crippen LogP contribution in [0, 0.1) is 0 Å². The Balaban J connectivity index is -0.000000301. The molecule has 0 bridgehead atoms. The number of aromatic nitrogens is 3. The second-order valence-electron chi connectivity index (χ2n) is 12.8. The first-order valence-corrected chi connectivity index (χ1v) is 25.0. The summed E-state index contributed by atoms with van der Waals surface area (Å²) in [7, 11) is -0.197. The van der Waals surface area contributed by atoms with Crippen molar-refractivity contribution in [1.82, 2.24) is 13.7 Å². The molecular formula is C37H73N3O17Si3. The maximum atomic E-state index is 11.5. The molecular weight excluding hydrogens is 843 g/mol. The van der Waals surface area contributed by atoms with E-state index in [0.717, 1.165) is 13.7 Å². The van der Waals surface area contributed by atoms with Crippen LogP contribution in [0.3, 0.4) is 0 Å². The number of carbonyl (C=O) groups is 3. The maximum absolute atomic E-state index is 11.5. The van der Waals surface area contributed by atoms with Gasteiger partial charge in [0.25, 0.3) is 0 Å². The van der Waals surface area contributed by atoms with Crippen LogP contribution in [0.15, 0.2) is 64.0 Å². The number of unbranched alkanes of at least 4 members (excludes halogenated alkanes) is 1. The van der Waals surface area contributed by atoms with E-state index in [2.05, 4.69) is 46.7 Å². The third-order valence-corrected chi connectivity index (χ3v) is 13.0. The average molecular weight is 916 g/mol. The predicted octanol–water partition coefficient (Wildman–Crippen LogP) is 1.14. The van der Waals surface area contributed by atoms with Gasteiger partial charge in [-0.2, -0.15) is 0 Å². The smallest absolute Gasteiger partial charge is 0.463 e. The molecule has 0 spiro atoms. The van der Waals surface area contributed by atoms with E-state index in [1.807, 2.05) is 6.55 Å². The minimum Gasteiger partial charge on any atom is -0.463 e. The number of rotatable bonds is 21. The summed E-state index contributed by atoms with van der Waals surface area (Å²) in [6, 6.07) is -0.0433. The molecule has 0 fully saturated rings. The summed E-state index contributed by atoms with van der Waals surface area (Å²) in [6.45, 7) is 27.2. The van der Waals surface area contributed by atoms with Crippen LogP contribution in [0.5, 0.6) is 0 Å². The molecule has 1 heterocycles. The fourth-order valence-electron chi connectivity index (χ4n) is 3.58. The minimum absolute atomic E-state index is 0. The Kier molecular flexibility index (Phi) is 39.0. The van der Waals surface area contributed by atoms with Gasteiger partial charge in [0.2, 0.25) is 9.04 Å². The molecule has 2 unspecified atom stereocenters. The monoisotopic (exact) mass is 915 g/mol. The van der Waals surface area contributed by atoms with E-state index in [-0.39, 0.29) is 66.6 Å². The summed E-state index contributed by atoms with van der Waals surface area (Å²) in [5.41, 5.74) is -1.13. The molecule has 0 radical (unpaired) electrons. The summed E-state index contributed by atoms with van der Waals surface area (Å²) >= 11 is 0. The Morgan fingerprint density at radius 2 is 1.03 bits per heavy atom. The molecule has 350 valence electrons. The van der Waals surface area contributed by atoms with E-state index in [0.29, 0.717) is 6.42 Å². The molecule has 60 heavy (non-hydrogen) atoms. The SMILES string of the molecule is C=C.C=C(C)C(=O)OCCCC(C[SiH](O)COC(=O)C(=C)C)O[Si](O)(O)CCCOC(=O)C(=C)C.CCCC.CO[Si](C)(OC)OC.Cn1c(=O)n(C)c(=O)n(C)c1=O.O. The fourth-order valence-corrected chi connectivity index (χ4v) is 7.16. The van der Waals surface area contributed by atoms with Crippen LogP contribution >= 0.6 is 0 Å². The fraction of sp³-hybridized carbons (Fsp3) is 0.622. The topological polar surface area (TPSA) is 274 Å². The lowest BCUT2D eigenvalue weighted by Crippen LogP contribution is -2.51. The predicted molar refractivity (Wildman–Crippen MR) is 235 cm³/mol. The molecule has 0 aliphatic rings. The van der Waals surface area contributed by atoms with Gasteiger partial charge in [-0.25, -0.2) is 42.5 Å². The van der Waals surface area contributed by atoms with Gasteiger partial charge in [0.15, 0.2) is 0 Å². The van der Waals surface area contributed by atoms with Crippen LogP contribution in [0.4, 0.5) is 0 Å². The van der Waals surface area contributed by atoms with E-state index >= 15 is 0 Å². The zero-order valence-electron chi connectivity index (χ0n) is 37.8. The normalized spacial score (nSPS) is 11.3. The first-order valence-electron chi connectivity index (χ1n) is 18.6. The third kappa shape index (κ3) is 30.2. The first kappa shape index (κ1) is 65.2. The van der Waals surface area contributed by atoms with Crippen LogP contribution in [-0.4, -0.2) is 125 Å². The highest BCUT2D eigenvalue weighted by Gasteiger charge is 2.36. The second kappa shape index (κ2) is 35.8. The number of carbonyl (C=O) groups excluding carboxylic acids is 3. The highest BCUT2D eigenvalue weighted by molar-refractivity contribution is 6.59. The van der Waals surface area contributed by atoms with Gasteiger partial charge in [-0.15, -0.1) is 13.2 Å². The largest absolute Gasteiger partial charge is 0.496 e. The summed E-state index contributed by atoms with van der Waals surface area (Å²) in [4.78, 5) is 98.6. The lowest BCUT2D eigenvalue weighted by Gasteiger charge is -2.26. The second-order valence-corrected chi connectivity index (χ2v) is 20.1. The Labute approximate surface area is 358 Å². The zero-order chi connectivity index (χ0) is 47.1. The van der Waals surface area contributed by atoms with E-state index in [4.69, 9.17) is 31.9 Å². The molecule has 2 atom stereocenters. The molecule has 1 aromatic rings. The zero-order valence-corrected chi connectivity index (χ0v) is 40.9. The van der Waals surface area contributed by atoms with Gasteiger partial charge in [0, 0.05) is 77.9 Å². The Morgan fingerprint density at radius 1 is 0.700 bits per heavy atom. The molecule has 0 aliphatic carbocycles. The van der Waals surface area contributed by atoms with Crippen LogP contribution in [0.2, 0.25) is 18.6 Å². The van der Waals surface area contributed by atoms with Crippen molar-refractivity contribution in [3.63, 3.8) is 0 Å². The highest BCUT2D eigenvalue weighted by atomic mass is 28.4. The van der Waals surface area contributed by atoms with Crippen molar-refractivity contribution in [3.05, 3.63) is 81.1 Å². The molecule has 0 aliphatic heterocycles. The minimum atomic E-state index is -4.14. The number of esters is 3. The Morgan fingerprint density at radius 3 is 1.33 bits per heavy atom. The van der Waals surface area contributed by atoms with Gasteiger partial charge < -0.3 is 51.8 Å². The molecule has 1 aromatic heterocycles. The number of ether oxygens (including phenoxy) is 3. The van der Waals surface area contributed by atoms with Crippen LogP contribution < -0.4 is 17.1 Å².